The van der Waals surface area contributed by atoms with Crippen molar-refractivity contribution < 1.29 is 4.79 Å². The Hall–Kier alpha value is -2.56. The van der Waals surface area contributed by atoms with Crippen molar-refractivity contribution in [3.05, 3.63) is 47.3 Å². The highest BCUT2D eigenvalue weighted by molar-refractivity contribution is 6.06. The summed E-state index contributed by atoms with van der Waals surface area (Å²) in [5, 5.41) is 8.20. The molecule has 2 aromatic heterocycles. The van der Waals surface area contributed by atoms with Gasteiger partial charge >= 0.3 is 0 Å². The Morgan fingerprint density at radius 3 is 2.95 bits per heavy atom. The van der Waals surface area contributed by atoms with Crippen molar-refractivity contribution in [2.24, 2.45) is 7.05 Å². The molecule has 0 unspecified atom stereocenters. The SMILES string of the molecule is Cn1ccc(NC(=O)c2ccc3[nH]c4c(c3c2)CCCC4)n1. The number of aromatic amines is 1. The van der Waals surface area contributed by atoms with Crippen LogP contribution in [-0.4, -0.2) is 20.7 Å². The minimum atomic E-state index is -0.119. The van der Waals surface area contributed by atoms with Gasteiger partial charge in [-0.2, -0.15) is 5.10 Å². The molecule has 0 atom stereocenters. The molecule has 1 aromatic carbocycles. The fourth-order valence-electron chi connectivity index (χ4n) is 3.22. The molecular formula is C17H18N4O. The number of anilines is 1. The van der Waals surface area contributed by atoms with Gasteiger partial charge in [-0.1, -0.05) is 0 Å². The van der Waals surface area contributed by atoms with Crippen molar-refractivity contribution >= 4 is 22.6 Å². The molecule has 5 nitrogen and oxygen atoms in total. The fourth-order valence-corrected chi connectivity index (χ4v) is 3.22. The zero-order valence-corrected chi connectivity index (χ0v) is 12.5. The molecule has 0 radical (unpaired) electrons. The molecule has 4 rings (SSSR count). The summed E-state index contributed by atoms with van der Waals surface area (Å²) in [6.45, 7) is 0. The number of H-pyrrole nitrogens is 1. The van der Waals surface area contributed by atoms with Crippen molar-refractivity contribution in [1.29, 1.82) is 0 Å². The molecule has 0 saturated heterocycles. The molecule has 0 aliphatic heterocycles. The number of aromatic nitrogens is 3. The van der Waals surface area contributed by atoms with Gasteiger partial charge in [0.2, 0.25) is 0 Å². The lowest BCUT2D eigenvalue weighted by atomic mass is 9.95. The minimum absolute atomic E-state index is 0.119. The van der Waals surface area contributed by atoms with Crippen molar-refractivity contribution in [3.8, 4) is 0 Å². The van der Waals surface area contributed by atoms with Crippen molar-refractivity contribution in [3.63, 3.8) is 0 Å². The van der Waals surface area contributed by atoms with E-state index in [1.54, 1.807) is 16.9 Å². The highest BCUT2D eigenvalue weighted by Crippen LogP contribution is 2.29. The van der Waals surface area contributed by atoms with Gasteiger partial charge in [-0.05, 0) is 49.4 Å². The number of carbonyl (C=O) groups excluding carboxylic acids is 1. The lowest BCUT2D eigenvalue weighted by Crippen LogP contribution is -2.12. The zero-order valence-electron chi connectivity index (χ0n) is 12.5. The van der Waals surface area contributed by atoms with Crippen LogP contribution < -0.4 is 5.32 Å². The molecule has 112 valence electrons. The van der Waals surface area contributed by atoms with Crippen LogP contribution in [0, 0.1) is 0 Å². The smallest absolute Gasteiger partial charge is 0.256 e. The molecule has 2 heterocycles. The first-order valence-corrected chi connectivity index (χ1v) is 7.65. The maximum absolute atomic E-state index is 12.4. The summed E-state index contributed by atoms with van der Waals surface area (Å²) in [7, 11) is 1.83. The van der Waals surface area contributed by atoms with Crippen LogP contribution in [-0.2, 0) is 19.9 Å². The maximum atomic E-state index is 12.4. The van der Waals surface area contributed by atoms with Crippen LogP contribution in [0.3, 0.4) is 0 Å². The van der Waals surface area contributed by atoms with E-state index in [0.717, 1.165) is 18.4 Å². The number of nitrogens with zero attached hydrogens (tertiary/aromatic N) is 2. The predicted octanol–water partition coefficient (Wildman–Crippen LogP) is 3.03. The van der Waals surface area contributed by atoms with Crippen LogP contribution in [0.15, 0.2) is 30.5 Å². The second kappa shape index (κ2) is 5.02. The molecule has 5 heteroatoms. The molecule has 0 saturated carbocycles. The van der Waals surface area contributed by atoms with Gasteiger partial charge in [0, 0.05) is 41.5 Å². The minimum Gasteiger partial charge on any atom is -0.358 e. The van der Waals surface area contributed by atoms with Crippen LogP contribution in [0.4, 0.5) is 5.82 Å². The summed E-state index contributed by atoms with van der Waals surface area (Å²) in [6, 6.07) is 7.65. The van der Waals surface area contributed by atoms with E-state index in [9.17, 15) is 4.79 Å². The van der Waals surface area contributed by atoms with Gasteiger partial charge in [0.15, 0.2) is 5.82 Å². The topological polar surface area (TPSA) is 62.7 Å². The van der Waals surface area contributed by atoms with Crippen LogP contribution in [0.5, 0.6) is 0 Å². The van der Waals surface area contributed by atoms with Crippen molar-refractivity contribution in [2.45, 2.75) is 25.7 Å². The number of rotatable bonds is 2. The Kier molecular flexibility index (Phi) is 2.99. The fraction of sp³-hybridized carbons (Fsp3) is 0.294. The summed E-state index contributed by atoms with van der Waals surface area (Å²) in [4.78, 5) is 15.9. The van der Waals surface area contributed by atoms with Gasteiger partial charge in [-0.25, -0.2) is 0 Å². The van der Waals surface area contributed by atoms with Crippen LogP contribution in [0.1, 0.15) is 34.5 Å². The molecule has 1 aliphatic carbocycles. The number of fused-ring (bicyclic) bond motifs is 3. The molecule has 0 bridgehead atoms. The number of nitrogens with one attached hydrogen (secondary N) is 2. The van der Waals surface area contributed by atoms with Gasteiger partial charge in [0.1, 0.15) is 0 Å². The third-order valence-electron chi connectivity index (χ3n) is 4.32. The summed E-state index contributed by atoms with van der Waals surface area (Å²) in [5.41, 5.74) is 4.52. The molecule has 0 spiro atoms. The van der Waals surface area contributed by atoms with E-state index in [2.05, 4.69) is 15.4 Å². The van der Waals surface area contributed by atoms with E-state index in [0.29, 0.717) is 11.4 Å². The van der Waals surface area contributed by atoms with E-state index in [-0.39, 0.29) is 5.91 Å². The largest absolute Gasteiger partial charge is 0.358 e. The van der Waals surface area contributed by atoms with Gasteiger partial charge in [-0.3, -0.25) is 9.48 Å². The molecule has 1 amide bonds. The summed E-state index contributed by atoms with van der Waals surface area (Å²) >= 11 is 0. The number of hydrogen-bond acceptors (Lipinski definition) is 2. The first kappa shape index (κ1) is 13.1. The van der Waals surface area contributed by atoms with Crippen molar-refractivity contribution in [1.82, 2.24) is 14.8 Å². The Morgan fingerprint density at radius 1 is 1.27 bits per heavy atom. The summed E-state index contributed by atoms with van der Waals surface area (Å²) in [6.07, 6.45) is 6.48. The Balaban J connectivity index is 1.68. The third kappa shape index (κ3) is 2.19. The number of hydrogen-bond donors (Lipinski definition) is 2. The van der Waals surface area contributed by atoms with E-state index >= 15 is 0 Å². The van der Waals surface area contributed by atoms with Crippen LogP contribution >= 0.6 is 0 Å². The first-order chi connectivity index (χ1) is 10.7. The Labute approximate surface area is 128 Å². The average Bonchev–Trinajstić information content (AvgIpc) is 3.10. The van der Waals surface area contributed by atoms with Crippen LogP contribution in [0.2, 0.25) is 0 Å². The average molecular weight is 294 g/mol. The van der Waals surface area contributed by atoms with E-state index in [1.165, 1.54) is 29.5 Å². The van der Waals surface area contributed by atoms with Gasteiger partial charge in [0.05, 0.1) is 0 Å². The molecule has 3 aromatic rings. The maximum Gasteiger partial charge on any atom is 0.256 e. The molecular weight excluding hydrogens is 276 g/mol. The van der Waals surface area contributed by atoms with E-state index in [1.807, 2.05) is 25.2 Å². The lowest BCUT2D eigenvalue weighted by molar-refractivity contribution is 0.102. The second-order valence-corrected chi connectivity index (χ2v) is 5.88. The Bertz CT molecular complexity index is 859. The molecule has 2 N–H and O–H groups in total. The van der Waals surface area contributed by atoms with E-state index < -0.39 is 0 Å². The number of carbonyl (C=O) groups is 1. The van der Waals surface area contributed by atoms with Crippen molar-refractivity contribution in [2.75, 3.05) is 5.32 Å². The van der Waals surface area contributed by atoms with Gasteiger partial charge in [0.25, 0.3) is 5.91 Å². The first-order valence-electron chi connectivity index (χ1n) is 7.65. The highest BCUT2D eigenvalue weighted by Gasteiger charge is 2.17. The zero-order chi connectivity index (χ0) is 15.1. The van der Waals surface area contributed by atoms with Gasteiger partial charge in [-0.15, -0.1) is 0 Å². The summed E-state index contributed by atoms with van der Waals surface area (Å²) in [5.74, 6) is 0.454. The number of aryl methyl sites for hydroxylation is 3. The molecule has 1 aliphatic rings. The van der Waals surface area contributed by atoms with E-state index in [4.69, 9.17) is 0 Å². The van der Waals surface area contributed by atoms with Crippen LogP contribution in [0.25, 0.3) is 10.9 Å². The normalized spacial score (nSPS) is 14.0. The Morgan fingerprint density at radius 2 is 2.14 bits per heavy atom. The molecule has 22 heavy (non-hydrogen) atoms. The number of amides is 1. The molecule has 0 fully saturated rings. The second-order valence-electron chi connectivity index (χ2n) is 5.88. The summed E-state index contributed by atoms with van der Waals surface area (Å²) < 4.78 is 1.67. The predicted molar refractivity (Wildman–Crippen MR) is 86.1 cm³/mol. The monoisotopic (exact) mass is 294 g/mol. The lowest BCUT2D eigenvalue weighted by Gasteiger charge is -2.10. The standard InChI is InChI=1S/C17H18N4O/c1-21-9-8-16(20-21)19-17(22)11-6-7-15-13(10-11)12-4-2-3-5-14(12)18-15/h6-10,18H,2-5H2,1H3,(H,19,20,22). The quantitative estimate of drug-likeness (QED) is 0.763. The third-order valence-corrected chi connectivity index (χ3v) is 4.32. The number of benzene rings is 1. The highest BCUT2D eigenvalue weighted by atomic mass is 16.1. The van der Waals surface area contributed by atoms with Gasteiger partial charge < -0.3 is 10.3 Å².